The Hall–Kier alpha value is -1.68. The SMILES string of the molecule is CC(=O)O/N=C1\CCCc2sc3ccccc3c21. The van der Waals surface area contributed by atoms with Crippen molar-refractivity contribution in [1.29, 1.82) is 0 Å². The van der Waals surface area contributed by atoms with Crippen molar-refractivity contribution in [2.24, 2.45) is 5.16 Å². The fourth-order valence-corrected chi connectivity index (χ4v) is 3.61. The first-order chi connectivity index (χ1) is 8.75. The highest BCUT2D eigenvalue weighted by molar-refractivity contribution is 7.19. The van der Waals surface area contributed by atoms with Gasteiger partial charge in [0, 0.05) is 27.5 Å². The molecule has 4 heteroatoms. The zero-order chi connectivity index (χ0) is 12.5. The number of carbonyl (C=O) groups is 1. The molecule has 0 saturated heterocycles. The van der Waals surface area contributed by atoms with Crippen LogP contribution in [0.5, 0.6) is 0 Å². The van der Waals surface area contributed by atoms with E-state index in [9.17, 15) is 4.79 Å². The van der Waals surface area contributed by atoms with E-state index in [-0.39, 0.29) is 5.97 Å². The van der Waals surface area contributed by atoms with E-state index in [0.29, 0.717) is 0 Å². The van der Waals surface area contributed by atoms with Gasteiger partial charge in [-0.15, -0.1) is 11.3 Å². The van der Waals surface area contributed by atoms with Crippen LogP contribution in [0.4, 0.5) is 0 Å². The van der Waals surface area contributed by atoms with Crippen molar-refractivity contribution in [2.75, 3.05) is 0 Å². The van der Waals surface area contributed by atoms with E-state index < -0.39 is 0 Å². The zero-order valence-electron chi connectivity index (χ0n) is 10.1. The van der Waals surface area contributed by atoms with E-state index in [1.807, 2.05) is 23.5 Å². The maximum absolute atomic E-state index is 10.9. The molecule has 0 unspecified atom stereocenters. The minimum absolute atomic E-state index is 0.367. The van der Waals surface area contributed by atoms with Crippen molar-refractivity contribution in [3.8, 4) is 0 Å². The molecular weight excluding hydrogens is 246 g/mol. The van der Waals surface area contributed by atoms with Crippen molar-refractivity contribution >= 4 is 33.1 Å². The zero-order valence-corrected chi connectivity index (χ0v) is 10.9. The molecule has 0 N–H and O–H groups in total. The Balaban J connectivity index is 2.14. The minimum atomic E-state index is -0.367. The molecule has 3 rings (SSSR count). The monoisotopic (exact) mass is 259 g/mol. The molecule has 1 aliphatic rings. The van der Waals surface area contributed by atoms with Crippen LogP contribution in [0.1, 0.15) is 30.2 Å². The third kappa shape index (κ3) is 1.93. The summed E-state index contributed by atoms with van der Waals surface area (Å²) in [7, 11) is 0. The second-order valence-electron chi connectivity index (χ2n) is 4.37. The van der Waals surface area contributed by atoms with E-state index in [2.05, 4.69) is 17.3 Å². The van der Waals surface area contributed by atoms with Gasteiger partial charge < -0.3 is 4.84 Å². The number of carbonyl (C=O) groups excluding carboxylic acids is 1. The van der Waals surface area contributed by atoms with Gasteiger partial charge in [0.15, 0.2) is 0 Å². The van der Waals surface area contributed by atoms with E-state index >= 15 is 0 Å². The van der Waals surface area contributed by atoms with Crippen molar-refractivity contribution in [3.63, 3.8) is 0 Å². The van der Waals surface area contributed by atoms with Gasteiger partial charge in [0.1, 0.15) is 0 Å². The third-order valence-corrected chi connectivity index (χ3v) is 4.29. The quantitative estimate of drug-likeness (QED) is 0.580. The Kier molecular flexibility index (Phi) is 2.88. The molecule has 1 aliphatic carbocycles. The van der Waals surface area contributed by atoms with Gasteiger partial charge in [-0.1, -0.05) is 23.4 Å². The van der Waals surface area contributed by atoms with Crippen LogP contribution < -0.4 is 0 Å². The molecular formula is C14H13NO2S. The molecule has 2 aromatic rings. The van der Waals surface area contributed by atoms with Crippen molar-refractivity contribution in [1.82, 2.24) is 0 Å². The Morgan fingerprint density at radius 2 is 2.17 bits per heavy atom. The highest BCUT2D eigenvalue weighted by atomic mass is 32.1. The van der Waals surface area contributed by atoms with Crippen LogP contribution in [0.15, 0.2) is 29.4 Å². The molecule has 1 heterocycles. The first-order valence-electron chi connectivity index (χ1n) is 6.01. The molecule has 0 atom stereocenters. The van der Waals surface area contributed by atoms with Crippen molar-refractivity contribution in [3.05, 3.63) is 34.7 Å². The summed E-state index contributed by atoms with van der Waals surface area (Å²) in [5.41, 5.74) is 2.09. The molecule has 18 heavy (non-hydrogen) atoms. The molecule has 1 aromatic carbocycles. The maximum atomic E-state index is 10.9. The number of thiophene rings is 1. The average Bonchev–Trinajstić information content (AvgIpc) is 2.75. The second-order valence-corrected chi connectivity index (χ2v) is 5.51. The fraction of sp³-hybridized carbons (Fsp3) is 0.286. The van der Waals surface area contributed by atoms with Crippen LogP contribution >= 0.6 is 11.3 Å². The molecule has 0 radical (unpaired) electrons. The van der Waals surface area contributed by atoms with Gasteiger partial charge in [0.25, 0.3) is 0 Å². The fourth-order valence-electron chi connectivity index (χ4n) is 2.34. The van der Waals surface area contributed by atoms with Gasteiger partial charge in [-0.3, -0.25) is 0 Å². The van der Waals surface area contributed by atoms with Crippen LogP contribution in [-0.2, 0) is 16.1 Å². The number of hydrogen-bond acceptors (Lipinski definition) is 4. The number of nitrogens with zero attached hydrogens (tertiary/aromatic N) is 1. The molecule has 0 spiro atoms. The van der Waals surface area contributed by atoms with Crippen LogP contribution in [0.3, 0.4) is 0 Å². The first-order valence-corrected chi connectivity index (χ1v) is 6.82. The van der Waals surface area contributed by atoms with E-state index in [1.54, 1.807) is 0 Å². The summed E-state index contributed by atoms with van der Waals surface area (Å²) in [6.07, 6.45) is 3.04. The van der Waals surface area contributed by atoms with Crippen LogP contribution in [0.2, 0.25) is 0 Å². The van der Waals surface area contributed by atoms with Gasteiger partial charge in [-0.25, -0.2) is 4.79 Å². The van der Waals surface area contributed by atoms with Gasteiger partial charge in [0.2, 0.25) is 0 Å². The number of oxime groups is 1. The number of benzene rings is 1. The predicted octanol–water partition coefficient (Wildman–Crippen LogP) is 3.50. The van der Waals surface area contributed by atoms with E-state index in [1.165, 1.54) is 27.5 Å². The van der Waals surface area contributed by atoms with Gasteiger partial charge in [-0.05, 0) is 25.3 Å². The Morgan fingerprint density at radius 3 is 3.00 bits per heavy atom. The Labute approximate surface area is 109 Å². The number of rotatable bonds is 1. The largest absolute Gasteiger partial charge is 0.331 e. The second kappa shape index (κ2) is 4.53. The molecule has 1 aromatic heterocycles. The summed E-state index contributed by atoms with van der Waals surface area (Å²) in [6.45, 7) is 1.37. The molecule has 92 valence electrons. The number of hydrogen-bond donors (Lipinski definition) is 0. The minimum Gasteiger partial charge on any atom is -0.318 e. The van der Waals surface area contributed by atoms with Crippen LogP contribution in [0, 0.1) is 0 Å². The summed E-state index contributed by atoms with van der Waals surface area (Å²) in [5, 5.41) is 5.25. The highest BCUT2D eigenvalue weighted by Crippen LogP contribution is 2.36. The summed E-state index contributed by atoms with van der Waals surface area (Å²) < 4.78 is 1.28. The summed E-state index contributed by atoms with van der Waals surface area (Å²) in [6, 6.07) is 8.32. The molecule has 0 aliphatic heterocycles. The van der Waals surface area contributed by atoms with Crippen molar-refractivity contribution in [2.45, 2.75) is 26.2 Å². The standard InChI is InChI=1S/C14H13NO2S/c1-9(16)17-15-11-6-4-8-13-14(11)10-5-2-3-7-12(10)18-13/h2-3,5,7H,4,6,8H2,1H3/b15-11+. The van der Waals surface area contributed by atoms with E-state index in [0.717, 1.165) is 25.0 Å². The van der Waals surface area contributed by atoms with Crippen LogP contribution in [0.25, 0.3) is 10.1 Å². The van der Waals surface area contributed by atoms with Gasteiger partial charge in [-0.2, -0.15) is 0 Å². The topological polar surface area (TPSA) is 38.7 Å². The highest BCUT2D eigenvalue weighted by Gasteiger charge is 2.21. The lowest BCUT2D eigenvalue weighted by Crippen LogP contribution is -2.11. The van der Waals surface area contributed by atoms with E-state index in [4.69, 9.17) is 4.84 Å². The maximum Gasteiger partial charge on any atom is 0.331 e. The summed E-state index contributed by atoms with van der Waals surface area (Å²) in [5.74, 6) is -0.367. The lowest BCUT2D eigenvalue weighted by Gasteiger charge is -2.13. The Bertz CT molecular complexity index is 642. The predicted molar refractivity (Wildman–Crippen MR) is 73.1 cm³/mol. The third-order valence-electron chi connectivity index (χ3n) is 3.06. The summed E-state index contributed by atoms with van der Waals surface area (Å²) in [4.78, 5) is 17.0. The van der Waals surface area contributed by atoms with Gasteiger partial charge >= 0.3 is 5.97 Å². The molecule has 3 nitrogen and oxygen atoms in total. The lowest BCUT2D eigenvalue weighted by atomic mass is 9.94. The lowest BCUT2D eigenvalue weighted by molar-refractivity contribution is -0.140. The van der Waals surface area contributed by atoms with Gasteiger partial charge in [0.05, 0.1) is 5.71 Å². The number of aryl methyl sites for hydroxylation is 1. The normalized spacial score (nSPS) is 16.8. The smallest absolute Gasteiger partial charge is 0.318 e. The number of fused-ring (bicyclic) bond motifs is 3. The molecule has 0 saturated carbocycles. The molecule has 0 fully saturated rings. The Morgan fingerprint density at radius 1 is 1.33 bits per heavy atom. The average molecular weight is 259 g/mol. The summed E-state index contributed by atoms with van der Waals surface area (Å²) >= 11 is 1.82. The van der Waals surface area contributed by atoms with Crippen LogP contribution in [-0.4, -0.2) is 11.7 Å². The molecule has 0 amide bonds. The van der Waals surface area contributed by atoms with Crippen molar-refractivity contribution < 1.29 is 9.63 Å². The first kappa shape index (κ1) is 11.4. The molecule has 0 bridgehead atoms.